The summed E-state index contributed by atoms with van der Waals surface area (Å²) in [4.78, 5) is 0. The first kappa shape index (κ1) is 51.7. The zero-order valence-electron chi connectivity index (χ0n) is 14.7. The van der Waals surface area contributed by atoms with Crippen LogP contribution in [-0.4, -0.2) is 84.9 Å². The Labute approximate surface area is 218 Å². The molecule has 0 bridgehead atoms. The largest absolute Gasteiger partial charge is 0.522 e. The summed E-state index contributed by atoms with van der Waals surface area (Å²) in [5.74, 6) is 0. The van der Waals surface area contributed by atoms with Gasteiger partial charge in [-0.15, -0.1) is 0 Å². The Kier molecular flexibility index (Phi) is 23.8. The van der Waals surface area contributed by atoms with E-state index in [1.807, 2.05) is 0 Å². The molecule has 14 nitrogen and oxygen atoms in total. The smallest absolute Gasteiger partial charge is 0.412 e. The zero-order chi connectivity index (χ0) is 28.0. The molecule has 0 aliphatic rings. The normalized spacial score (nSPS) is 12.8. The van der Waals surface area contributed by atoms with Crippen LogP contribution in [0.1, 0.15) is 0 Å². The van der Waals surface area contributed by atoms with Gasteiger partial charge in [-0.1, -0.05) is 0 Å². The maximum absolute atomic E-state index is 10.7. The SMILES string of the molecule is O.O.O=S(=O)(O)C(F)(F)F.O=S(=O)(O)C(F)(F)F.O=S(=O)(O)C(F)(F)F.O=S(=O)(O)C(F)(F)F.[Ce]. The Balaban J connectivity index is -0.0000000581. The van der Waals surface area contributed by atoms with Crippen LogP contribution in [0, 0.1) is 41.7 Å². The van der Waals surface area contributed by atoms with Crippen LogP contribution in [0.4, 0.5) is 52.7 Å². The van der Waals surface area contributed by atoms with Crippen molar-refractivity contribution in [2.24, 2.45) is 0 Å². The van der Waals surface area contributed by atoms with E-state index in [9.17, 15) is 52.7 Å². The average Bonchev–Trinajstić information content (AvgIpc) is 2.30. The summed E-state index contributed by atoms with van der Waals surface area (Å²) >= 11 is 0. The van der Waals surface area contributed by atoms with Crippen LogP contribution in [-0.2, 0) is 40.5 Å². The third-order valence-electron chi connectivity index (χ3n) is 1.17. The second-order valence-corrected chi connectivity index (χ2v) is 9.34. The van der Waals surface area contributed by atoms with Gasteiger partial charge in [0.25, 0.3) is 0 Å². The molecule has 0 spiro atoms. The average molecular weight is 776 g/mol. The second-order valence-electron chi connectivity index (χ2n) is 3.68. The Morgan fingerprint density at radius 2 is 0.371 bits per heavy atom. The molecular formula is C4H8CeF12O14S4. The molecule has 35 heavy (non-hydrogen) atoms. The van der Waals surface area contributed by atoms with E-state index in [4.69, 9.17) is 51.9 Å². The Hall–Kier alpha value is 0.0966. The summed E-state index contributed by atoms with van der Waals surface area (Å²) in [6, 6.07) is 0. The number of alkyl halides is 12. The Bertz CT molecular complexity index is 831. The molecule has 0 aromatic heterocycles. The molecular weight excluding hydrogens is 768 g/mol. The van der Waals surface area contributed by atoms with Gasteiger partial charge in [0.2, 0.25) is 0 Å². The van der Waals surface area contributed by atoms with Gasteiger partial charge in [-0.05, 0) is 0 Å². The van der Waals surface area contributed by atoms with Crippen molar-refractivity contribution in [1.82, 2.24) is 0 Å². The fourth-order valence-corrected chi connectivity index (χ4v) is 0. The van der Waals surface area contributed by atoms with E-state index >= 15 is 0 Å². The van der Waals surface area contributed by atoms with Crippen molar-refractivity contribution in [2.45, 2.75) is 22.0 Å². The first-order chi connectivity index (χ1) is 13.0. The Morgan fingerprint density at radius 3 is 0.371 bits per heavy atom. The van der Waals surface area contributed by atoms with Crippen LogP contribution in [0.3, 0.4) is 0 Å². The van der Waals surface area contributed by atoms with Gasteiger partial charge in [-0.25, -0.2) is 0 Å². The third kappa shape index (κ3) is 27.0. The second kappa shape index (κ2) is 16.1. The van der Waals surface area contributed by atoms with Crippen LogP contribution in [0.25, 0.3) is 0 Å². The van der Waals surface area contributed by atoms with E-state index in [1.165, 1.54) is 0 Å². The standard InChI is InChI=1S/4CHF3O3S.Ce.2H2O/c4*2-1(3,4)8(5,6)7;;;/h4*(H,5,6,7);;2*1H2. The van der Waals surface area contributed by atoms with Gasteiger partial charge >= 0.3 is 62.5 Å². The molecule has 0 aromatic carbocycles. The molecule has 31 heteroatoms. The maximum Gasteiger partial charge on any atom is 0.522 e. The van der Waals surface area contributed by atoms with Crippen LogP contribution < -0.4 is 0 Å². The third-order valence-corrected chi connectivity index (χ3v) is 3.51. The molecule has 0 amide bonds. The molecule has 0 atom stereocenters. The van der Waals surface area contributed by atoms with Gasteiger partial charge in [-0.3, -0.25) is 18.2 Å². The minimum atomic E-state index is -5.84. The van der Waals surface area contributed by atoms with Gasteiger partial charge in [0.1, 0.15) is 0 Å². The van der Waals surface area contributed by atoms with Crippen molar-refractivity contribution in [3.05, 3.63) is 0 Å². The van der Waals surface area contributed by atoms with E-state index in [2.05, 4.69) is 0 Å². The van der Waals surface area contributed by atoms with Gasteiger partial charge < -0.3 is 11.0 Å². The van der Waals surface area contributed by atoms with Gasteiger partial charge in [-0.2, -0.15) is 86.4 Å². The number of hydrogen-bond donors (Lipinski definition) is 4. The predicted molar refractivity (Wildman–Crippen MR) is 77.6 cm³/mol. The van der Waals surface area contributed by atoms with E-state index in [-0.39, 0.29) is 52.7 Å². The fraction of sp³-hybridized carbons (Fsp3) is 1.00. The van der Waals surface area contributed by atoms with Crippen molar-refractivity contribution in [1.29, 1.82) is 0 Å². The van der Waals surface area contributed by atoms with Gasteiger partial charge in [0, 0.05) is 41.7 Å². The quantitative estimate of drug-likeness (QED) is 0.143. The number of halogens is 12. The van der Waals surface area contributed by atoms with E-state index < -0.39 is 62.5 Å². The van der Waals surface area contributed by atoms with Crippen LogP contribution >= 0.6 is 0 Å². The molecule has 220 valence electrons. The zero-order valence-corrected chi connectivity index (χ0v) is 21.1. The summed E-state index contributed by atoms with van der Waals surface area (Å²) in [7, 11) is -23.4. The van der Waals surface area contributed by atoms with Gasteiger partial charge in [0.15, 0.2) is 0 Å². The maximum atomic E-state index is 10.7. The fourth-order valence-electron chi connectivity index (χ4n) is 0. The Morgan fingerprint density at radius 1 is 0.343 bits per heavy atom. The summed E-state index contributed by atoms with van der Waals surface area (Å²) in [5.41, 5.74) is -22.1. The molecule has 0 aliphatic heterocycles. The topological polar surface area (TPSA) is 280 Å². The molecule has 0 saturated carbocycles. The summed E-state index contributed by atoms with van der Waals surface area (Å²) in [6.07, 6.45) is 0. The molecule has 0 fully saturated rings. The number of rotatable bonds is 0. The molecule has 0 heterocycles. The molecule has 0 unspecified atom stereocenters. The summed E-state index contributed by atoms with van der Waals surface area (Å²) < 4.78 is 230. The predicted octanol–water partition coefficient (Wildman–Crippen LogP) is -0.0734. The van der Waals surface area contributed by atoms with E-state index in [0.29, 0.717) is 0 Å². The van der Waals surface area contributed by atoms with Gasteiger partial charge in [0.05, 0.1) is 0 Å². The van der Waals surface area contributed by atoms with Crippen molar-refractivity contribution in [3.63, 3.8) is 0 Å². The van der Waals surface area contributed by atoms with Crippen LogP contribution in [0.15, 0.2) is 0 Å². The van der Waals surface area contributed by atoms with Crippen molar-refractivity contribution >= 4 is 40.5 Å². The van der Waals surface area contributed by atoms with Crippen molar-refractivity contribution in [2.75, 3.05) is 0 Å². The number of hydrogen-bond acceptors (Lipinski definition) is 8. The monoisotopic (exact) mass is 776 g/mol. The van der Waals surface area contributed by atoms with Crippen LogP contribution in [0.2, 0.25) is 0 Å². The molecule has 8 N–H and O–H groups in total. The molecule has 0 radical (unpaired) electrons. The minimum Gasteiger partial charge on any atom is -0.412 e. The molecule has 0 saturated heterocycles. The van der Waals surface area contributed by atoms with E-state index in [0.717, 1.165) is 0 Å². The molecule has 0 rings (SSSR count). The first-order valence-corrected chi connectivity index (χ1v) is 10.9. The summed E-state index contributed by atoms with van der Waals surface area (Å²) in [5, 5.41) is 0. The van der Waals surface area contributed by atoms with Crippen molar-refractivity contribution in [3.8, 4) is 0 Å². The first-order valence-electron chi connectivity index (χ1n) is 5.15. The van der Waals surface area contributed by atoms with Crippen molar-refractivity contribution < 1.29 is 157 Å². The van der Waals surface area contributed by atoms with Crippen LogP contribution in [0.5, 0.6) is 0 Å². The molecule has 0 aromatic rings. The summed E-state index contributed by atoms with van der Waals surface area (Å²) in [6.45, 7) is 0. The van der Waals surface area contributed by atoms with E-state index in [1.54, 1.807) is 0 Å². The minimum absolute atomic E-state index is 0. The molecule has 0 aliphatic carbocycles.